The number of halogens is 2. The topological polar surface area (TPSA) is 32.6 Å². The molecule has 0 amide bonds. The average molecular weight is 308 g/mol. The molecular formula is C16H15Cl2NO. The van der Waals surface area contributed by atoms with E-state index in [-0.39, 0.29) is 10.8 Å². The first-order chi connectivity index (χ1) is 9.38. The molecule has 20 heavy (non-hydrogen) atoms. The SMILES string of the molecule is Cc1cc(C)c(N=Cc2cc(Cl)cc(Cl)c2O)c(C)c1. The summed E-state index contributed by atoms with van der Waals surface area (Å²) in [4.78, 5) is 4.46. The fraction of sp³-hybridized carbons (Fsp3) is 0.188. The Kier molecular flexibility index (Phi) is 4.36. The first-order valence-electron chi connectivity index (χ1n) is 6.18. The molecule has 0 aliphatic heterocycles. The highest BCUT2D eigenvalue weighted by molar-refractivity contribution is 6.36. The summed E-state index contributed by atoms with van der Waals surface area (Å²) in [5, 5.41) is 10.6. The van der Waals surface area contributed by atoms with E-state index < -0.39 is 0 Å². The van der Waals surface area contributed by atoms with E-state index in [0.717, 1.165) is 16.8 Å². The molecule has 0 unspecified atom stereocenters. The number of phenolic OH excluding ortho intramolecular Hbond substituents is 1. The molecule has 0 saturated heterocycles. The van der Waals surface area contributed by atoms with Gasteiger partial charge in [0.2, 0.25) is 0 Å². The number of hydrogen-bond donors (Lipinski definition) is 1. The maximum absolute atomic E-state index is 9.90. The zero-order chi connectivity index (χ0) is 14.9. The van der Waals surface area contributed by atoms with Gasteiger partial charge in [0.15, 0.2) is 0 Å². The molecule has 0 spiro atoms. The van der Waals surface area contributed by atoms with Crippen LogP contribution in [0.5, 0.6) is 5.75 Å². The second-order valence-corrected chi connectivity index (χ2v) is 5.67. The van der Waals surface area contributed by atoms with Crippen molar-refractivity contribution in [2.75, 3.05) is 0 Å². The van der Waals surface area contributed by atoms with Crippen molar-refractivity contribution in [2.24, 2.45) is 4.99 Å². The van der Waals surface area contributed by atoms with Crippen LogP contribution >= 0.6 is 23.2 Å². The molecule has 2 aromatic rings. The molecule has 0 atom stereocenters. The van der Waals surface area contributed by atoms with Crippen molar-refractivity contribution < 1.29 is 5.11 Å². The van der Waals surface area contributed by atoms with Crippen LogP contribution in [0.4, 0.5) is 5.69 Å². The minimum atomic E-state index is -0.0118. The normalized spacial score (nSPS) is 11.2. The maximum Gasteiger partial charge on any atom is 0.143 e. The average Bonchev–Trinajstić information content (AvgIpc) is 2.33. The van der Waals surface area contributed by atoms with E-state index >= 15 is 0 Å². The van der Waals surface area contributed by atoms with Gasteiger partial charge in [-0.15, -0.1) is 0 Å². The summed E-state index contributed by atoms with van der Waals surface area (Å²) in [6.07, 6.45) is 1.58. The Labute approximate surface area is 128 Å². The molecule has 0 bridgehead atoms. The lowest BCUT2D eigenvalue weighted by Gasteiger charge is -2.07. The zero-order valence-corrected chi connectivity index (χ0v) is 13.0. The van der Waals surface area contributed by atoms with Gasteiger partial charge in [-0.1, -0.05) is 40.9 Å². The molecule has 0 radical (unpaired) electrons. The number of phenols is 1. The number of aromatic hydroxyl groups is 1. The van der Waals surface area contributed by atoms with Gasteiger partial charge < -0.3 is 5.11 Å². The summed E-state index contributed by atoms with van der Waals surface area (Å²) in [7, 11) is 0. The monoisotopic (exact) mass is 307 g/mol. The van der Waals surface area contributed by atoms with Gasteiger partial charge in [-0.05, 0) is 44.0 Å². The predicted octanol–water partition coefficient (Wildman–Crippen LogP) is 5.37. The summed E-state index contributed by atoms with van der Waals surface area (Å²) < 4.78 is 0. The molecule has 2 rings (SSSR count). The van der Waals surface area contributed by atoms with Gasteiger partial charge in [-0.2, -0.15) is 0 Å². The first kappa shape index (κ1) is 14.9. The lowest BCUT2D eigenvalue weighted by atomic mass is 10.1. The second kappa shape index (κ2) is 5.86. The van der Waals surface area contributed by atoms with Gasteiger partial charge in [0, 0.05) is 16.8 Å². The quantitative estimate of drug-likeness (QED) is 0.743. The summed E-state index contributed by atoms with van der Waals surface area (Å²) in [5.41, 5.74) is 4.78. The number of nitrogens with zero attached hydrogens (tertiary/aromatic N) is 1. The van der Waals surface area contributed by atoms with Crippen LogP contribution in [-0.2, 0) is 0 Å². The third kappa shape index (κ3) is 3.14. The van der Waals surface area contributed by atoms with Crippen LogP contribution in [0.15, 0.2) is 29.3 Å². The third-order valence-electron chi connectivity index (χ3n) is 3.03. The van der Waals surface area contributed by atoms with E-state index in [1.165, 1.54) is 11.6 Å². The summed E-state index contributed by atoms with van der Waals surface area (Å²) in [6, 6.07) is 7.28. The van der Waals surface area contributed by atoms with Crippen molar-refractivity contribution in [1.82, 2.24) is 0 Å². The van der Waals surface area contributed by atoms with Crippen LogP contribution in [0, 0.1) is 20.8 Å². The number of aryl methyl sites for hydroxylation is 3. The number of benzene rings is 2. The second-order valence-electron chi connectivity index (χ2n) is 4.83. The highest BCUT2D eigenvalue weighted by Crippen LogP contribution is 2.31. The number of aliphatic imine (C=N–C) groups is 1. The molecule has 0 saturated carbocycles. The number of rotatable bonds is 2. The molecule has 0 fully saturated rings. The Hall–Kier alpha value is -1.51. The first-order valence-corrected chi connectivity index (χ1v) is 6.94. The van der Waals surface area contributed by atoms with E-state index in [1.807, 2.05) is 13.8 Å². The molecule has 0 aliphatic carbocycles. The highest BCUT2D eigenvalue weighted by Gasteiger charge is 2.07. The van der Waals surface area contributed by atoms with E-state index in [0.29, 0.717) is 10.6 Å². The van der Waals surface area contributed by atoms with Crippen LogP contribution in [0.1, 0.15) is 22.3 Å². The molecule has 0 heterocycles. The Balaban J connectivity index is 2.45. The standard InChI is InChI=1S/C16H15Cl2NO/c1-9-4-10(2)15(11(3)5-9)19-8-12-6-13(17)7-14(18)16(12)20/h4-8,20H,1-3H3. The molecule has 2 nitrogen and oxygen atoms in total. The van der Waals surface area contributed by atoms with Gasteiger partial charge in [0.1, 0.15) is 5.75 Å². The zero-order valence-electron chi connectivity index (χ0n) is 11.5. The van der Waals surface area contributed by atoms with Gasteiger partial charge in [-0.3, -0.25) is 4.99 Å². The lowest BCUT2D eigenvalue weighted by molar-refractivity contribution is 0.475. The number of hydrogen-bond acceptors (Lipinski definition) is 2. The van der Waals surface area contributed by atoms with Crippen LogP contribution in [0.2, 0.25) is 10.0 Å². The van der Waals surface area contributed by atoms with E-state index in [9.17, 15) is 5.11 Å². The fourth-order valence-electron chi connectivity index (χ4n) is 2.19. The van der Waals surface area contributed by atoms with Gasteiger partial charge >= 0.3 is 0 Å². The molecule has 0 aliphatic rings. The molecular weight excluding hydrogens is 293 g/mol. The van der Waals surface area contributed by atoms with Crippen molar-refractivity contribution in [1.29, 1.82) is 0 Å². The lowest BCUT2D eigenvalue weighted by Crippen LogP contribution is -1.87. The van der Waals surface area contributed by atoms with Crippen molar-refractivity contribution in [3.8, 4) is 5.75 Å². The summed E-state index contributed by atoms with van der Waals surface area (Å²) in [5.74, 6) is -0.0118. The third-order valence-corrected chi connectivity index (χ3v) is 3.53. The van der Waals surface area contributed by atoms with Crippen molar-refractivity contribution in [3.63, 3.8) is 0 Å². The van der Waals surface area contributed by atoms with E-state index in [1.54, 1.807) is 12.3 Å². The Morgan fingerprint density at radius 1 is 1.00 bits per heavy atom. The van der Waals surface area contributed by atoms with Gasteiger partial charge in [0.25, 0.3) is 0 Å². The summed E-state index contributed by atoms with van der Waals surface area (Å²) >= 11 is 11.8. The van der Waals surface area contributed by atoms with Crippen LogP contribution < -0.4 is 0 Å². The van der Waals surface area contributed by atoms with Crippen molar-refractivity contribution in [3.05, 3.63) is 56.6 Å². The van der Waals surface area contributed by atoms with Crippen molar-refractivity contribution >= 4 is 35.1 Å². The summed E-state index contributed by atoms with van der Waals surface area (Å²) in [6.45, 7) is 6.07. The van der Waals surface area contributed by atoms with Crippen LogP contribution in [0.3, 0.4) is 0 Å². The fourth-order valence-corrected chi connectivity index (χ4v) is 2.70. The predicted molar refractivity (Wildman–Crippen MR) is 86.0 cm³/mol. The molecule has 2 aromatic carbocycles. The minimum absolute atomic E-state index is 0.0118. The van der Waals surface area contributed by atoms with E-state index in [4.69, 9.17) is 23.2 Å². The Morgan fingerprint density at radius 3 is 2.20 bits per heavy atom. The minimum Gasteiger partial charge on any atom is -0.506 e. The molecule has 0 aromatic heterocycles. The van der Waals surface area contributed by atoms with Gasteiger partial charge in [-0.25, -0.2) is 0 Å². The molecule has 4 heteroatoms. The largest absolute Gasteiger partial charge is 0.506 e. The highest BCUT2D eigenvalue weighted by atomic mass is 35.5. The van der Waals surface area contributed by atoms with Crippen LogP contribution in [0.25, 0.3) is 0 Å². The Bertz CT molecular complexity index is 670. The molecule has 1 N–H and O–H groups in total. The van der Waals surface area contributed by atoms with Gasteiger partial charge in [0.05, 0.1) is 10.7 Å². The van der Waals surface area contributed by atoms with Crippen LogP contribution in [-0.4, -0.2) is 11.3 Å². The maximum atomic E-state index is 9.90. The van der Waals surface area contributed by atoms with E-state index in [2.05, 4.69) is 24.0 Å². The smallest absolute Gasteiger partial charge is 0.143 e. The Morgan fingerprint density at radius 2 is 1.60 bits per heavy atom. The van der Waals surface area contributed by atoms with Crippen molar-refractivity contribution in [2.45, 2.75) is 20.8 Å². The molecule has 104 valence electrons.